The van der Waals surface area contributed by atoms with Crippen LogP contribution in [0, 0.1) is 0 Å². The van der Waals surface area contributed by atoms with Crippen molar-refractivity contribution in [3.63, 3.8) is 0 Å². The smallest absolute Gasteiger partial charge is 0.165 e. The molecule has 0 atom stereocenters. The van der Waals surface area contributed by atoms with Gasteiger partial charge in [-0.15, -0.1) is 11.3 Å². The topological polar surface area (TPSA) is 38.7 Å². The van der Waals surface area contributed by atoms with Crippen molar-refractivity contribution in [1.82, 2.24) is 15.0 Å². The fourth-order valence-electron chi connectivity index (χ4n) is 8.16. The van der Waals surface area contributed by atoms with Crippen LogP contribution in [0.4, 0.5) is 0 Å². The van der Waals surface area contributed by atoms with E-state index in [1.807, 2.05) is 18.2 Å². The van der Waals surface area contributed by atoms with E-state index < -0.39 is 0 Å². The summed E-state index contributed by atoms with van der Waals surface area (Å²) in [5.74, 6) is 1.98. The van der Waals surface area contributed by atoms with Gasteiger partial charge in [0.2, 0.25) is 0 Å². The number of benzene rings is 9. The molecule has 0 aliphatic heterocycles. The Bertz CT molecular complexity index is 3200. The molecule has 0 aliphatic carbocycles. The molecule has 0 radical (unpaired) electrons. The fraction of sp³-hybridized carbons (Fsp3) is 0. The zero-order valence-electron chi connectivity index (χ0n) is 29.6. The summed E-state index contributed by atoms with van der Waals surface area (Å²) in [6, 6.07) is 67.0. The van der Waals surface area contributed by atoms with Crippen molar-refractivity contribution in [1.29, 1.82) is 0 Å². The SMILES string of the molecule is c1ccc(-c2nc(-c3ccc4ccc(-c5c6ccccc6c(-c6ccccc6)c6ccccc56)cc4c3)nc(-c3cccc4c3sc3ccccc34)n2)cc1. The molecule has 4 heteroatoms. The Hall–Kier alpha value is -7.01. The van der Waals surface area contributed by atoms with Crippen LogP contribution in [0.3, 0.4) is 0 Å². The number of aromatic nitrogens is 3. The number of fused-ring (bicyclic) bond motifs is 6. The lowest BCUT2D eigenvalue weighted by Crippen LogP contribution is -2.00. The van der Waals surface area contributed by atoms with Crippen molar-refractivity contribution in [3.05, 3.63) is 188 Å². The number of nitrogens with zero attached hydrogens (tertiary/aromatic N) is 3. The van der Waals surface area contributed by atoms with Crippen LogP contribution in [0.15, 0.2) is 188 Å². The Balaban J connectivity index is 1.11. The first-order valence-electron chi connectivity index (χ1n) is 18.5. The van der Waals surface area contributed by atoms with Gasteiger partial charge < -0.3 is 0 Å². The van der Waals surface area contributed by atoms with E-state index in [1.54, 1.807) is 11.3 Å². The maximum absolute atomic E-state index is 5.21. The Labute approximate surface area is 321 Å². The van der Waals surface area contributed by atoms with Crippen LogP contribution >= 0.6 is 11.3 Å². The summed E-state index contributed by atoms with van der Waals surface area (Å²) in [7, 11) is 0. The van der Waals surface area contributed by atoms with Gasteiger partial charge in [-0.05, 0) is 78.8 Å². The van der Waals surface area contributed by atoms with Crippen LogP contribution in [-0.4, -0.2) is 15.0 Å². The summed E-state index contributed by atoms with van der Waals surface area (Å²) in [5.41, 5.74) is 7.82. The molecule has 0 fully saturated rings. The van der Waals surface area contributed by atoms with Gasteiger partial charge in [0.15, 0.2) is 17.5 Å². The van der Waals surface area contributed by atoms with Crippen LogP contribution in [0.25, 0.3) is 109 Å². The Morgan fingerprint density at radius 3 is 1.47 bits per heavy atom. The highest BCUT2D eigenvalue weighted by molar-refractivity contribution is 7.26. The standard InChI is InChI=1S/C51H31N3S/c1-3-14-33(15-4-1)46-39-19-7-9-21-41(39)47(42-22-10-8-20-40(42)46)35-28-26-32-27-29-36(31-37(32)30-35)50-52-49(34-16-5-2-6-17-34)53-51(54-50)44-24-13-23-43-38-18-11-12-25-45(38)55-48(43)44/h1-31H. The molecule has 11 rings (SSSR count). The van der Waals surface area contributed by atoms with Crippen LogP contribution in [-0.2, 0) is 0 Å². The second-order valence-electron chi connectivity index (χ2n) is 13.9. The Morgan fingerprint density at radius 1 is 0.309 bits per heavy atom. The van der Waals surface area contributed by atoms with E-state index in [4.69, 9.17) is 15.0 Å². The molecule has 0 saturated heterocycles. The van der Waals surface area contributed by atoms with Gasteiger partial charge in [-0.2, -0.15) is 0 Å². The average Bonchev–Trinajstić information content (AvgIpc) is 3.64. The Morgan fingerprint density at radius 2 is 0.800 bits per heavy atom. The van der Waals surface area contributed by atoms with E-state index >= 15 is 0 Å². The lowest BCUT2D eigenvalue weighted by Gasteiger charge is -2.18. The molecule has 0 aliphatic rings. The normalized spacial score (nSPS) is 11.6. The van der Waals surface area contributed by atoms with Gasteiger partial charge in [-0.1, -0.05) is 164 Å². The summed E-state index contributed by atoms with van der Waals surface area (Å²) in [5, 5.41) is 9.73. The molecule has 9 aromatic carbocycles. The summed E-state index contributed by atoms with van der Waals surface area (Å²) < 4.78 is 2.43. The highest BCUT2D eigenvalue weighted by Crippen LogP contribution is 2.44. The predicted octanol–water partition coefficient (Wildman–Crippen LogP) is 14.0. The first kappa shape index (κ1) is 31.5. The minimum Gasteiger partial charge on any atom is -0.208 e. The molecule has 0 N–H and O–H groups in total. The Kier molecular flexibility index (Phi) is 7.35. The molecule has 0 saturated carbocycles. The predicted molar refractivity (Wildman–Crippen MR) is 232 cm³/mol. The molecule has 3 nitrogen and oxygen atoms in total. The van der Waals surface area contributed by atoms with Crippen LogP contribution in [0.1, 0.15) is 0 Å². The second-order valence-corrected chi connectivity index (χ2v) is 15.0. The fourth-order valence-corrected chi connectivity index (χ4v) is 9.37. The van der Waals surface area contributed by atoms with Crippen molar-refractivity contribution in [2.75, 3.05) is 0 Å². The monoisotopic (exact) mass is 717 g/mol. The largest absolute Gasteiger partial charge is 0.208 e. The van der Waals surface area contributed by atoms with Crippen LogP contribution < -0.4 is 0 Å². The highest BCUT2D eigenvalue weighted by Gasteiger charge is 2.19. The third-order valence-electron chi connectivity index (χ3n) is 10.7. The molecule has 256 valence electrons. The third kappa shape index (κ3) is 5.30. The van der Waals surface area contributed by atoms with Crippen LogP contribution in [0.5, 0.6) is 0 Å². The van der Waals surface area contributed by atoms with Crippen molar-refractivity contribution in [3.8, 4) is 56.4 Å². The van der Waals surface area contributed by atoms with Gasteiger partial charge in [0, 0.05) is 36.9 Å². The van der Waals surface area contributed by atoms with E-state index in [-0.39, 0.29) is 0 Å². The highest BCUT2D eigenvalue weighted by atomic mass is 32.1. The minimum atomic E-state index is 0.650. The van der Waals surface area contributed by atoms with Crippen molar-refractivity contribution >= 4 is 63.8 Å². The van der Waals surface area contributed by atoms with E-state index in [2.05, 4.69) is 170 Å². The van der Waals surface area contributed by atoms with Crippen molar-refractivity contribution < 1.29 is 0 Å². The van der Waals surface area contributed by atoms with E-state index in [0.29, 0.717) is 17.5 Å². The maximum Gasteiger partial charge on any atom is 0.165 e. The summed E-state index contributed by atoms with van der Waals surface area (Å²) in [6.07, 6.45) is 0. The zero-order chi connectivity index (χ0) is 36.3. The molecular formula is C51H31N3S. The quantitative estimate of drug-likeness (QED) is 0.166. The maximum atomic E-state index is 5.21. The van der Waals surface area contributed by atoms with Crippen molar-refractivity contribution in [2.45, 2.75) is 0 Å². The van der Waals surface area contributed by atoms with Gasteiger partial charge in [-0.3, -0.25) is 0 Å². The van der Waals surface area contributed by atoms with Gasteiger partial charge in [0.1, 0.15) is 0 Å². The molecule has 2 aromatic heterocycles. The van der Waals surface area contributed by atoms with Gasteiger partial charge >= 0.3 is 0 Å². The van der Waals surface area contributed by atoms with Crippen molar-refractivity contribution in [2.24, 2.45) is 0 Å². The van der Waals surface area contributed by atoms with E-state index in [9.17, 15) is 0 Å². The lowest BCUT2D eigenvalue weighted by molar-refractivity contribution is 1.08. The summed E-state index contributed by atoms with van der Waals surface area (Å²) in [6.45, 7) is 0. The molecule has 0 amide bonds. The van der Waals surface area contributed by atoms with Gasteiger partial charge in [0.05, 0.1) is 0 Å². The van der Waals surface area contributed by atoms with Gasteiger partial charge in [-0.25, -0.2) is 15.0 Å². The first-order valence-corrected chi connectivity index (χ1v) is 19.3. The zero-order valence-corrected chi connectivity index (χ0v) is 30.5. The minimum absolute atomic E-state index is 0.650. The number of hydrogen-bond donors (Lipinski definition) is 0. The summed E-state index contributed by atoms with van der Waals surface area (Å²) >= 11 is 1.79. The van der Waals surface area contributed by atoms with Crippen LogP contribution in [0.2, 0.25) is 0 Å². The molecule has 0 bridgehead atoms. The summed E-state index contributed by atoms with van der Waals surface area (Å²) in [4.78, 5) is 15.4. The number of thiophene rings is 1. The van der Waals surface area contributed by atoms with E-state index in [1.165, 1.54) is 64.0 Å². The molecule has 55 heavy (non-hydrogen) atoms. The molecule has 2 heterocycles. The molecule has 11 aromatic rings. The molecule has 0 unspecified atom stereocenters. The van der Waals surface area contributed by atoms with E-state index in [0.717, 1.165) is 27.5 Å². The lowest BCUT2D eigenvalue weighted by atomic mass is 9.85. The number of rotatable bonds is 5. The second kappa shape index (κ2) is 12.8. The third-order valence-corrected chi connectivity index (χ3v) is 11.9. The van der Waals surface area contributed by atoms with Gasteiger partial charge in [0.25, 0.3) is 0 Å². The number of hydrogen-bond acceptors (Lipinski definition) is 4. The first-order chi connectivity index (χ1) is 27.3. The molecular weight excluding hydrogens is 687 g/mol. The average molecular weight is 718 g/mol. The molecule has 0 spiro atoms.